The molecule has 0 amide bonds. The number of hydrogen-bond donors (Lipinski definition) is 2. The molecule has 0 saturated carbocycles. The van der Waals surface area contributed by atoms with Gasteiger partial charge in [0.25, 0.3) is 5.56 Å². The van der Waals surface area contributed by atoms with Crippen molar-refractivity contribution in [3.63, 3.8) is 0 Å². The lowest BCUT2D eigenvalue weighted by atomic mass is 10.2. The first kappa shape index (κ1) is 19.3. The van der Waals surface area contributed by atoms with Gasteiger partial charge in [-0.25, -0.2) is 4.79 Å². The first-order valence-electron chi connectivity index (χ1n) is 8.23. The summed E-state index contributed by atoms with van der Waals surface area (Å²) in [5.74, 6) is 0.509. The van der Waals surface area contributed by atoms with Gasteiger partial charge in [-0.1, -0.05) is 23.2 Å². The Morgan fingerprint density at radius 3 is 2.47 bits per heavy atom. The van der Waals surface area contributed by atoms with Crippen LogP contribution in [0.3, 0.4) is 0 Å². The molecule has 4 aromatic rings. The van der Waals surface area contributed by atoms with Gasteiger partial charge in [0.15, 0.2) is 5.75 Å². The van der Waals surface area contributed by atoms with E-state index in [9.17, 15) is 14.9 Å². The van der Waals surface area contributed by atoms with E-state index < -0.39 is 16.9 Å². The van der Waals surface area contributed by atoms with Gasteiger partial charge < -0.3 is 9.72 Å². The van der Waals surface area contributed by atoms with Gasteiger partial charge in [0, 0.05) is 17.1 Å². The molecular formula is C19H8Cl2N6O3. The Labute approximate surface area is 177 Å². The summed E-state index contributed by atoms with van der Waals surface area (Å²) in [7, 11) is 0. The minimum absolute atomic E-state index is 0.0607. The summed E-state index contributed by atoms with van der Waals surface area (Å²) in [6.45, 7) is 0. The van der Waals surface area contributed by atoms with Gasteiger partial charge in [-0.2, -0.15) is 15.2 Å². The highest BCUT2D eigenvalue weighted by molar-refractivity contribution is 6.37. The molecule has 0 aliphatic rings. The van der Waals surface area contributed by atoms with E-state index in [1.54, 1.807) is 30.5 Å². The van der Waals surface area contributed by atoms with Crippen LogP contribution in [0.5, 0.6) is 11.5 Å². The zero-order valence-corrected chi connectivity index (χ0v) is 16.2. The first-order valence-corrected chi connectivity index (χ1v) is 8.99. The minimum atomic E-state index is -0.896. The van der Waals surface area contributed by atoms with Crippen molar-refractivity contribution in [2.75, 3.05) is 0 Å². The standard InChI is InChI=1S/C19H8Cl2N6O3/c20-13-3-10(27-19(29)25-18(28)16(7-23)26-27)4-14(21)17(13)30-11-1-2-15-12(5-11)9(6-22)8-24-15/h1-5,8,24H,(H,25,28,29). The number of rotatable bonds is 3. The van der Waals surface area contributed by atoms with Gasteiger partial charge in [0.2, 0.25) is 5.69 Å². The number of nitrogens with one attached hydrogen (secondary N) is 2. The number of halogens is 2. The average Bonchev–Trinajstić information content (AvgIpc) is 3.13. The molecule has 0 radical (unpaired) electrons. The molecule has 0 unspecified atom stereocenters. The number of aromatic amines is 2. The van der Waals surface area contributed by atoms with E-state index in [1.807, 2.05) is 4.98 Å². The van der Waals surface area contributed by atoms with Crippen LogP contribution >= 0.6 is 23.2 Å². The predicted octanol–water partition coefficient (Wildman–Crippen LogP) is 3.24. The van der Waals surface area contributed by atoms with Crippen LogP contribution < -0.4 is 16.0 Å². The Morgan fingerprint density at radius 2 is 1.80 bits per heavy atom. The van der Waals surface area contributed by atoms with E-state index in [1.165, 1.54) is 12.1 Å². The second kappa shape index (κ2) is 7.41. The van der Waals surface area contributed by atoms with Gasteiger partial charge in [-0.05, 0) is 30.3 Å². The molecule has 11 heteroatoms. The second-order valence-corrected chi connectivity index (χ2v) is 6.81. The lowest BCUT2D eigenvalue weighted by Gasteiger charge is -2.12. The maximum absolute atomic E-state index is 12.1. The summed E-state index contributed by atoms with van der Waals surface area (Å²) in [4.78, 5) is 28.5. The molecule has 9 nitrogen and oxygen atoms in total. The number of ether oxygens (including phenoxy) is 1. The molecule has 146 valence electrons. The van der Waals surface area contributed by atoms with Crippen molar-refractivity contribution in [1.29, 1.82) is 10.5 Å². The molecule has 0 bridgehead atoms. The first-order chi connectivity index (χ1) is 14.4. The van der Waals surface area contributed by atoms with E-state index in [-0.39, 0.29) is 21.5 Å². The van der Waals surface area contributed by atoms with Crippen LogP contribution in [0.25, 0.3) is 16.6 Å². The molecule has 2 N–H and O–H groups in total. The zero-order valence-electron chi connectivity index (χ0n) is 14.7. The topological polar surface area (TPSA) is 140 Å². The molecule has 0 spiro atoms. The second-order valence-electron chi connectivity index (χ2n) is 5.99. The summed E-state index contributed by atoms with van der Waals surface area (Å²) in [6.07, 6.45) is 1.59. The fourth-order valence-electron chi connectivity index (χ4n) is 2.79. The molecule has 30 heavy (non-hydrogen) atoms. The SMILES string of the molecule is N#Cc1nn(-c2cc(Cl)c(Oc3ccc4[nH]cc(C#N)c4c3)c(Cl)c2)c(=O)[nH]c1=O. The zero-order chi connectivity index (χ0) is 21.4. The molecule has 2 aromatic heterocycles. The van der Waals surface area contributed by atoms with Gasteiger partial charge in [0.05, 0.1) is 21.3 Å². The smallest absolute Gasteiger partial charge is 0.349 e. The van der Waals surface area contributed by atoms with Crippen molar-refractivity contribution in [3.05, 3.63) is 78.7 Å². The average molecular weight is 439 g/mol. The Balaban J connectivity index is 1.76. The van der Waals surface area contributed by atoms with Gasteiger partial charge in [-0.3, -0.25) is 9.78 Å². The van der Waals surface area contributed by atoms with Crippen molar-refractivity contribution in [1.82, 2.24) is 19.7 Å². The van der Waals surface area contributed by atoms with Gasteiger partial charge >= 0.3 is 5.69 Å². The molecule has 4 rings (SSSR count). The molecule has 2 heterocycles. The van der Waals surface area contributed by atoms with Crippen LogP contribution in [0, 0.1) is 22.7 Å². The quantitative estimate of drug-likeness (QED) is 0.502. The van der Waals surface area contributed by atoms with Crippen molar-refractivity contribution in [2.45, 2.75) is 0 Å². The van der Waals surface area contributed by atoms with Crippen molar-refractivity contribution < 1.29 is 4.74 Å². The lowest BCUT2D eigenvalue weighted by Crippen LogP contribution is -2.33. The summed E-state index contributed by atoms with van der Waals surface area (Å²) < 4.78 is 6.60. The molecule has 0 aliphatic carbocycles. The van der Waals surface area contributed by atoms with Crippen LogP contribution in [-0.4, -0.2) is 19.7 Å². The molecule has 0 atom stereocenters. The van der Waals surface area contributed by atoms with E-state index >= 15 is 0 Å². The Kier molecular flexibility index (Phi) is 4.76. The molecular weight excluding hydrogens is 431 g/mol. The maximum Gasteiger partial charge on any atom is 0.349 e. The number of hydrogen-bond acceptors (Lipinski definition) is 6. The molecule has 0 fully saturated rings. The van der Waals surface area contributed by atoms with Crippen LogP contribution in [0.4, 0.5) is 0 Å². The van der Waals surface area contributed by atoms with E-state index in [0.29, 0.717) is 16.7 Å². The number of fused-ring (bicyclic) bond motifs is 1. The van der Waals surface area contributed by atoms with Crippen molar-refractivity contribution in [2.24, 2.45) is 0 Å². The van der Waals surface area contributed by atoms with Crippen LogP contribution in [0.1, 0.15) is 11.3 Å². The van der Waals surface area contributed by atoms with E-state index in [4.69, 9.17) is 33.2 Å². The minimum Gasteiger partial charge on any atom is -0.454 e. The summed E-state index contributed by atoms with van der Waals surface area (Å²) in [5, 5.41) is 22.6. The van der Waals surface area contributed by atoms with Gasteiger partial charge in [0.1, 0.15) is 17.9 Å². The van der Waals surface area contributed by atoms with Crippen LogP contribution in [0.2, 0.25) is 10.0 Å². The molecule has 2 aromatic carbocycles. The van der Waals surface area contributed by atoms with Crippen molar-refractivity contribution >= 4 is 34.1 Å². The normalized spacial score (nSPS) is 10.5. The number of benzene rings is 2. The number of H-pyrrole nitrogens is 2. The van der Waals surface area contributed by atoms with Gasteiger partial charge in [-0.15, -0.1) is 5.10 Å². The fraction of sp³-hybridized carbons (Fsp3) is 0. The summed E-state index contributed by atoms with van der Waals surface area (Å²) in [6, 6.07) is 11.5. The Morgan fingerprint density at radius 1 is 1.07 bits per heavy atom. The Bertz CT molecular complexity index is 1500. The summed E-state index contributed by atoms with van der Waals surface area (Å²) >= 11 is 12.6. The lowest BCUT2D eigenvalue weighted by molar-refractivity contribution is 0.483. The highest BCUT2D eigenvalue weighted by Gasteiger charge is 2.15. The number of nitriles is 2. The largest absolute Gasteiger partial charge is 0.454 e. The van der Waals surface area contributed by atoms with Crippen LogP contribution in [-0.2, 0) is 0 Å². The third kappa shape index (κ3) is 3.29. The molecule has 0 aliphatic heterocycles. The third-order valence-corrected chi connectivity index (χ3v) is 4.72. The number of aromatic nitrogens is 4. The highest BCUT2D eigenvalue weighted by atomic mass is 35.5. The number of nitrogens with zero attached hydrogens (tertiary/aromatic N) is 4. The molecule has 0 saturated heterocycles. The monoisotopic (exact) mass is 438 g/mol. The predicted molar refractivity (Wildman–Crippen MR) is 108 cm³/mol. The van der Waals surface area contributed by atoms with E-state index in [2.05, 4.69) is 16.2 Å². The third-order valence-electron chi connectivity index (χ3n) is 4.16. The van der Waals surface area contributed by atoms with Crippen LogP contribution in [0.15, 0.2) is 46.1 Å². The Hall–Kier alpha value is -4.05. The van der Waals surface area contributed by atoms with Crippen molar-refractivity contribution in [3.8, 4) is 29.3 Å². The maximum atomic E-state index is 12.1. The fourth-order valence-corrected chi connectivity index (χ4v) is 3.34. The summed E-state index contributed by atoms with van der Waals surface area (Å²) in [5.41, 5.74) is -0.893. The highest BCUT2D eigenvalue weighted by Crippen LogP contribution is 2.38. The van der Waals surface area contributed by atoms with E-state index in [0.717, 1.165) is 10.2 Å².